The van der Waals surface area contributed by atoms with Crippen molar-refractivity contribution in [3.8, 4) is 11.5 Å². The van der Waals surface area contributed by atoms with Crippen LogP contribution in [0.4, 0.5) is 0 Å². The fraction of sp³-hybridized carbons (Fsp3) is 0.568. The van der Waals surface area contributed by atoms with E-state index >= 15 is 0 Å². The Morgan fingerprint density at radius 3 is 2.23 bits per heavy atom. The molecule has 2 aromatic carbocycles. The van der Waals surface area contributed by atoms with Crippen molar-refractivity contribution in [3.05, 3.63) is 76.2 Å². The average Bonchev–Trinajstić information content (AvgIpc) is 3.57. The average molecular weight is 603 g/mol. The number of fused-ring (bicyclic) bond motifs is 1. The van der Waals surface area contributed by atoms with E-state index in [0.717, 1.165) is 60.1 Å². The van der Waals surface area contributed by atoms with Gasteiger partial charge in [0.1, 0.15) is 18.1 Å². The van der Waals surface area contributed by atoms with Crippen LogP contribution in [0, 0.1) is 6.92 Å². The van der Waals surface area contributed by atoms with Gasteiger partial charge >= 0.3 is 0 Å². The lowest BCUT2D eigenvalue weighted by molar-refractivity contribution is 0.145. The van der Waals surface area contributed by atoms with Crippen molar-refractivity contribution in [1.82, 2.24) is 19.8 Å². The molecule has 4 rings (SSSR count). The number of nitrogens with zero attached hydrogens (tertiary/aromatic N) is 3. The summed E-state index contributed by atoms with van der Waals surface area (Å²) in [6, 6.07) is 15.2. The van der Waals surface area contributed by atoms with Gasteiger partial charge in [0.2, 0.25) is 0 Å². The van der Waals surface area contributed by atoms with E-state index in [1.165, 1.54) is 48.8 Å². The summed E-state index contributed by atoms with van der Waals surface area (Å²) in [5.74, 6) is 2.77. The summed E-state index contributed by atoms with van der Waals surface area (Å²) in [6.07, 6.45) is 9.06. The molecule has 0 fully saturated rings. The Kier molecular flexibility index (Phi) is 11.5. The zero-order valence-corrected chi connectivity index (χ0v) is 28.4. The van der Waals surface area contributed by atoms with Crippen molar-refractivity contribution in [1.29, 1.82) is 0 Å². The van der Waals surface area contributed by atoms with E-state index in [-0.39, 0.29) is 10.8 Å². The zero-order valence-electron chi connectivity index (χ0n) is 28.4. The van der Waals surface area contributed by atoms with Crippen LogP contribution in [-0.2, 0) is 28.4 Å². The number of H-pyrrole nitrogens is 1. The molecule has 0 aliphatic carbocycles. The van der Waals surface area contributed by atoms with Gasteiger partial charge in [0.25, 0.3) is 0 Å². The van der Waals surface area contributed by atoms with Crippen molar-refractivity contribution in [2.45, 2.75) is 111 Å². The molecule has 0 saturated heterocycles. The maximum Gasteiger partial charge on any atom is 0.177 e. The Morgan fingerprint density at radius 2 is 1.48 bits per heavy atom. The number of unbranched alkanes of at least 4 members (excludes halogenated alkanes) is 5. The first-order valence-corrected chi connectivity index (χ1v) is 16.4. The number of ether oxygens (including phenoxy) is 3. The van der Waals surface area contributed by atoms with Gasteiger partial charge in [0, 0.05) is 36.1 Å². The lowest BCUT2D eigenvalue weighted by atomic mass is 9.84. The molecule has 7 heteroatoms. The number of methoxy groups -OCH3 is 1. The van der Waals surface area contributed by atoms with Gasteiger partial charge in [-0.05, 0) is 48.6 Å². The summed E-state index contributed by atoms with van der Waals surface area (Å²) in [6.45, 7) is 17.2. The van der Waals surface area contributed by atoms with E-state index in [1.54, 1.807) is 7.11 Å². The highest BCUT2D eigenvalue weighted by Gasteiger charge is 2.30. The molecule has 0 radical (unpaired) electrons. The minimum atomic E-state index is -0.313. The van der Waals surface area contributed by atoms with Gasteiger partial charge in [-0.3, -0.25) is 5.10 Å². The topological polar surface area (TPSA) is 73.7 Å². The Morgan fingerprint density at radius 1 is 0.773 bits per heavy atom. The minimum Gasteiger partial charge on any atom is -0.493 e. The second-order valence-electron chi connectivity index (χ2n) is 13.9. The molecule has 0 spiro atoms. The number of benzene rings is 2. The first kappa shape index (κ1) is 33.6. The Labute approximate surface area is 264 Å². The molecule has 0 bridgehead atoms. The molecule has 240 valence electrons. The van der Waals surface area contributed by atoms with Gasteiger partial charge in [-0.1, -0.05) is 103 Å². The number of hydrogen-bond donors (Lipinski definition) is 1. The molecule has 0 saturated carbocycles. The minimum absolute atomic E-state index is 0.00814. The molecule has 0 unspecified atom stereocenters. The van der Waals surface area contributed by atoms with E-state index in [0.29, 0.717) is 13.2 Å². The van der Waals surface area contributed by atoms with E-state index in [4.69, 9.17) is 14.2 Å². The predicted octanol–water partition coefficient (Wildman–Crippen LogP) is 8.54. The highest BCUT2D eigenvalue weighted by Crippen LogP contribution is 2.34. The molecule has 1 N–H and O–H groups in total. The molecule has 2 heterocycles. The van der Waals surface area contributed by atoms with Gasteiger partial charge in [-0.2, -0.15) is 0 Å². The Balaban J connectivity index is 1.56. The van der Waals surface area contributed by atoms with Crippen LogP contribution in [-0.4, -0.2) is 46.7 Å². The standard InChI is InChI=1S/C37H54N4O3/c1-9-10-11-12-13-14-19-43-31-17-15-27(2)22-29(31)23-28-16-18-32(44-21-20-42-8)30(24-28)26-37(6,7)35-39-38-34-25-33(36(3,4)5)40-41(34)35/h15-18,22,24-25,40H,9-14,19-21,23,26H2,1-8H3. The molecule has 7 nitrogen and oxygen atoms in total. The third-order valence-electron chi connectivity index (χ3n) is 8.28. The smallest absolute Gasteiger partial charge is 0.177 e. The SMILES string of the molecule is CCCCCCCCOc1ccc(C)cc1Cc1ccc(OCCOC)c(CC(C)(C)c2nnc3cc(C(C)(C)C)[nH]n23)c1. The van der Waals surface area contributed by atoms with Gasteiger partial charge < -0.3 is 14.2 Å². The molecule has 0 atom stereocenters. The molecule has 44 heavy (non-hydrogen) atoms. The number of rotatable bonds is 17. The van der Waals surface area contributed by atoms with Crippen LogP contribution >= 0.6 is 0 Å². The molecule has 4 aromatic rings. The molecule has 0 amide bonds. The van der Waals surface area contributed by atoms with Crippen molar-refractivity contribution in [3.63, 3.8) is 0 Å². The van der Waals surface area contributed by atoms with Crippen molar-refractivity contribution in [2.24, 2.45) is 0 Å². The third kappa shape index (κ3) is 8.87. The maximum atomic E-state index is 6.33. The largest absolute Gasteiger partial charge is 0.493 e. The second kappa shape index (κ2) is 15.1. The van der Waals surface area contributed by atoms with Crippen molar-refractivity contribution >= 4 is 5.65 Å². The summed E-state index contributed by atoms with van der Waals surface area (Å²) in [5.41, 5.74) is 6.49. The first-order chi connectivity index (χ1) is 21.0. The zero-order chi connectivity index (χ0) is 31.7. The summed E-state index contributed by atoms with van der Waals surface area (Å²) < 4.78 is 19.9. The monoisotopic (exact) mass is 602 g/mol. The Bertz CT molecular complexity index is 1480. The highest BCUT2D eigenvalue weighted by atomic mass is 16.5. The lowest BCUT2D eigenvalue weighted by Gasteiger charge is -2.25. The fourth-order valence-electron chi connectivity index (χ4n) is 5.69. The molecule has 0 aliphatic rings. The predicted molar refractivity (Wildman–Crippen MR) is 179 cm³/mol. The number of hydrogen-bond acceptors (Lipinski definition) is 5. The van der Waals surface area contributed by atoms with Crippen LogP contribution in [0.15, 0.2) is 42.5 Å². The Hall–Kier alpha value is -3.32. The van der Waals surface area contributed by atoms with E-state index in [2.05, 4.69) is 106 Å². The van der Waals surface area contributed by atoms with Crippen LogP contribution in [0.25, 0.3) is 5.65 Å². The van der Waals surface area contributed by atoms with Gasteiger partial charge in [-0.15, -0.1) is 10.2 Å². The summed E-state index contributed by atoms with van der Waals surface area (Å²) in [4.78, 5) is 0. The number of aromatic nitrogens is 4. The summed E-state index contributed by atoms with van der Waals surface area (Å²) >= 11 is 0. The van der Waals surface area contributed by atoms with E-state index in [9.17, 15) is 0 Å². The lowest BCUT2D eigenvalue weighted by Crippen LogP contribution is -2.25. The third-order valence-corrected chi connectivity index (χ3v) is 8.28. The summed E-state index contributed by atoms with van der Waals surface area (Å²) in [5, 5.41) is 12.7. The van der Waals surface area contributed by atoms with Crippen LogP contribution < -0.4 is 9.47 Å². The molecular weight excluding hydrogens is 548 g/mol. The van der Waals surface area contributed by atoms with Crippen LogP contribution in [0.1, 0.15) is 114 Å². The maximum absolute atomic E-state index is 6.33. The molecular formula is C37H54N4O3. The van der Waals surface area contributed by atoms with E-state index < -0.39 is 0 Å². The molecule has 0 aliphatic heterocycles. The van der Waals surface area contributed by atoms with Crippen molar-refractivity contribution < 1.29 is 14.2 Å². The fourth-order valence-corrected chi connectivity index (χ4v) is 5.69. The van der Waals surface area contributed by atoms with Crippen LogP contribution in [0.5, 0.6) is 11.5 Å². The van der Waals surface area contributed by atoms with Crippen molar-refractivity contribution in [2.75, 3.05) is 26.9 Å². The normalized spacial score (nSPS) is 12.3. The van der Waals surface area contributed by atoms with Gasteiger partial charge in [-0.25, -0.2) is 4.52 Å². The van der Waals surface area contributed by atoms with Crippen LogP contribution in [0.3, 0.4) is 0 Å². The highest BCUT2D eigenvalue weighted by molar-refractivity contribution is 5.46. The number of aryl methyl sites for hydroxylation is 1. The molecule has 2 aromatic heterocycles. The van der Waals surface area contributed by atoms with Crippen LogP contribution in [0.2, 0.25) is 0 Å². The van der Waals surface area contributed by atoms with E-state index in [1.807, 2.05) is 4.52 Å². The quantitative estimate of drug-likeness (QED) is 0.123. The number of nitrogens with one attached hydrogen (secondary N) is 1. The van der Waals surface area contributed by atoms with Gasteiger partial charge in [0.15, 0.2) is 11.5 Å². The second-order valence-corrected chi connectivity index (χ2v) is 13.9. The van der Waals surface area contributed by atoms with Gasteiger partial charge in [0.05, 0.1) is 13.2 Å². The number of aromatic amines is 1. The first-order valence-electron chi connectivity index (χ1n) is 16.4. The summed E-state index contributed by atoms with van der Waals surface area (Å²) in [7, 11) is 1.70.